The van der Waals surface area contributed by atoms with Crippen LogP contribution in [-0.2, 0) is 4.79 Å². The second-order valence-corrected chi connectivity index (χ2v) is 10.5. The molecule has 0 saturated carbocycles. The summed E-state index contributed by atoms with van der Waals surface area (Å²) in [5.41, 5.74) is -0.474. The smallest absolute Gasteiger partial charge is 0.309 e. The van der Waals surface area contributed by atoms with Crippen molar-refractivity contribution in [3.05, 3.63) is 0 Å². The molecule has 0 saturated heterocycles. The van der Waals surface area contributed by atoms with Crippen molar-refractivity contribution in [2.75, 3.05) is 0 Å². The minimum atomic E-state index is -0.524. The third-order valence-corrected chi connectivity index (χ3v) is 7.26. The van der Waals surface area contributed by atoms with Gasteiger partial charge >= 0.3 is 5.97 Å². The van der Waals surface area contributed by atoms with Gasteiger partial charge in [-0.3, -0.25) is 4.79 Å². The van der Waals surface area contributed by atoms with Crippen LogP contribution in [0.2, 0.25) is 0 Å². The first-order valence-corrected chi connectivity index (χ1v) is 14.3. The van der Waals surface area contributed by atoms with Gasteiger partial charge in [-0.1, -0.05) is 150 Å². The minimum Gasteiger partial charge on any atom is -0.481 e. The molecule has 0 fully saturated rings. The van der Waals surface area contributed by atoms with Crippen LogP contribution in [0.4, 0.5) is 0 Å². The molecular weight excluding hydrogens is 380 g/mol. The molecule has 0 aliphatic rings. The molecule has 186 valence electrons. The quantitative estimate of drug-likeness (QED) is 0.152. The number of hydrogen-bond donors (Lipinski definition) is 1. The molecule has 2 nitrogen and oxygen atoms in total. The van der Waals surface area contributed by atoms with Gasteiger partial charge in [0.2, 0.25) is 0 Å². The first-order chi connectivity index (χ1) is 15.0. The van der Waals surface area contributed by atoms with Crippen molar-refractivity contribution in [3.8, 4) is 0 Å². The van der Waals surface area contributed by atoms with E-state index in [1.807, 2.05) is 0 Å². The lowest BCUT2D eigenvalue weighted by atomic mass is 9.71. The van der Waals surface area contributed by atoms with E-state index in [1.54, 1.807) is 0 Å². The fourth-order valence-electron chi connectivity index (χ4n) is 5.14. The molecule has 2 atom stereocenters. The van der Waals surface area contributed by atoms with Gasteiger partial charge in [0.05, 0.1) is 5.41 Å². The maximum atomic E-state index is 12.4. The summed E-state index contributed by atoms with van der Waals surface area (Å²) in [5, 5.41) is 10.2. The SMILES string of the molecule is CCCCCCCCCCCCCCC(CCCC)(CC(C)CCCCCC)C(=O)O. The van der Waals surface area contributed by atoms with Gasteiger partial charge in [0.1, 0.15) is 0 Å². The van der Waals surface area contributed by atoms with Gasteiger partial charge in [-0.05, 0) is 25.2 Å². The van der Waals surface area contributed by atoms with Gasteiger partial charge in [0.25, 0.3) is 0 Å². The fourth-order valence-corrected chi connectivity index (χ4v) is 5.14. The van der Waals surface area contributed by atoms with E-state index >= 15 is 0 Å². The van der Waals surface area contributed by atoms with Crippen LogP contribution in [0.1, 0.15) is 169 Å². The van der Waals surface area contributed by atoms with Gasteiger partial charge in [0.15, 0.2) is 0 Å². The van der Waals surface area contributed by atoms with E-state index in [2.05, 4.69) is 27.7 Å². The second-order valence-electron chi connectivity index (χ2n) is 10.5. The van der Waals surface area contributed by atoms with E-state index in [9.17, 15) is 9.90 Å². The van der Waals surface area contributed by atoms with Crippen molar-refractivity contribution in [3.63, 3.8) is 0 Å². The molecule has 0 rings (SSSR count). The van der Waals surface area contributed by atoms with Crippen molar-refractivity contribution in [1.29, 1.82) is 0 Å². The van der Waals surface area contributed by atoms with E-state index in [0.29, 0.717) is 5.92 Å². The topological polar surface area (TPSA) is 37.3 Å². The lowest BCUT2D eigenvalue weighted by Crippen LogP contribution is -2.33. The number of hydrogen-bond acceptors (Lipinski definition) is 1. The predicted octanol–water partition coefficient (Wildman–Crippen LogP) is 10.3. The van der Waals surface area contributed by atoms with Crippen molar-refractivity contribution < 1.29 is 9.90 Å². The summed E-state index contributed by atoms with van der Waals surface area (Å²) in [6.07, 6.45) is 27.2. The Balaban J connectivity index is 4.20. The lowest BCUT2D eigenvalue weighted by molar-refractivity contribution is -0.151. The zero-order valence-electron chi connectivity index (χ0n) is 22.0. The number of unbranched alkanes of at least 4 members (excludes halogenated alkanes) is 15. The molecule has 0 aromatic rings. The third kappa shape index (κ3) is 16.7. The molecule has 0 aromatic carbocycles. The van der Waals surface area contributed by atoms with Gasteiger partial charge in [-0.2, -0.15) is 0 Å². The van der Waals surface area contributed by atoms with Crippen LogP contribution < -0.4 is 0 Å². The van der Waals surface area contributed by atoms with Gasteiger partial charge in [-0.15, -0.1) is 0 Å². The highest BCUT2D eigenvalue weighted by Crippen LogP contribution is 2.39. The Hall–Kier alpha value is -0.530. The Kier molecular flexibility index (Phi) is 21.0. The third-order valence-electron chi connectivity index (χ3n) is 7.26. The summed E-state index contributed by atoms with van der Waals surface area (Å²) < 4.78 is 0. The summed E-state index contributed by atoms with van der Waals surface area (Å²) >= 11 is 0. The first kappa shape index (κ1) is 30.5. The summed E-state index contributed by atoms with van der Waals surface area (Å²) in [6, 6.07) is 0. The number of carbonyl (C=O) groups is 1. The molecule has 0 radical (unpaired) electrons. The monoisotopic (exact) mass is 438 g/mol. The molecule has 2 heteroatoms. The summed E-state index contributed by atoms with van der Waals surface area (Å²) in [5.74, 6) is 0.00608. The zero-order chi connectivity index (χ0) is 23.2. The number of carboxylic acid groups (broad SMARTS) is 1. The van der Waals surface area contributed by atoms with E-state index in [0.717, 1.165) is 38.5 Å². The molecule has 0 bridgehead atoms. The van der Waals surface area contributed by atoms with E-state index < -0.39 is 11.4 Å². The molecule has 31 heavy (non-hydrogen) atoms. The normalized spacial score (nSPS) is 14.5. The maximum absolute atomic E-state index is 12.4. The highest BCUT2D eigenvalue weighted by Gasteiger charge is 2.38. The van der Waals surface area contributed by atoms with E-state index in [-0.39, 0.29) is 0 Å². The van der Waals surface area contributed by atoms with Crippen molar-refractivity contribution >= 4 is 5.97 Å². The Bertz CT molecular complexity index is 392. The summed E-state index contributed by atoms with van der Waals surface area (Å²) in [6.45, 7) is 9.00. The van der Waals surface area contributed by atoms with Crippen molar-refractivity contribution in [2.45, 2.75) is 169 Å². The van der Waals surface area contributed by atoms with E-state index in [4.69, 9.17) is 0 Å². The molecule has 1 N–H and O–H groups in total. The van der Waals surface area contributed by atoms with Crippen LogP contribution in [0, 0.1) is 11.3 Å². The molecule has 0 amide bonds. The van der Waals surface area contributed by atoms with Crippen LogP contribution in [0.3, 0.4) is 0 Å². The Morgan fingerprint density at radius 3 is 1.45 bits per heavy atom. The fraction of sp³-hybridized carbons (Fsp3) is 0.966. The lowest BCUT2D eigenvalue weighted by Gasteiger charge is -2.32. The number of rotatable bonds is 24. The number of aliphatic carboxylic acids is 1. The van der Waals surface area contributed by atoms with Crippen LogP contribution in [0.25, 0.3) is 0 Å². The summed E-state index contributed by atoms with van der Waals surface area (Å²) in [7, 11) is 0. The minimum absolute atomic E-state index is 0.474. The molecule has 0 spiro atoms. The highest BCUT2D eigenvalue weighted by atomic mass is 16.4. The average Bonchev–Trinajstić information content (AvgIpc) is 2.75. The number of carboxylic acids is 1. The molecule has 2 unspecified atom stereocenters. The van der Waals surface area contributed by atoms with E-state index in [1.165, 1.54) is 103 Å². The van der Waals surface area contributed by atoms with Crippen LogP contribution in [0.15, 0.2) is 0 Å². The standard InChI is InChI=1S/C29H58O2/c1-5-8-11-13-14-15-16-17-18-19-20-22-25-29(28(30)31,24-10-7-3)26-27(4)23-21-12-9-6-2/h27H,5-26H2,1-4H3,(H,30,31). The Morgan fingerprint density at radius 1 is 0.613 bits per heavy atom. The maximum Gasteiger partial charge on any atom is 0.309 e. The van der Waals surface area contributed by atoms with Crippen LogP contribution >= 0.6 is 0 Å². The van der Waals surface area contributed by atoms with Gasteiger partial charge < -0.3 is 5.11 Å². The molecule has 0 heterocycles. The Morgan fingerprint density at radius 2 is 1.00 bits per heavy atom. The molecular formula is C29H58O2. The average molecular weight is 439 g/mol. The van der Waals surface area contributed by atoms with Gasteiger partial charge in [0, 0.05) is 0 Å². The highest BCUT2D eigenvalue weighted by molar-refractivity contribution is 5.74. The Labute approximate surface area is 196 Å². The molecule has 0 aliphatic heterocycles. The van der Waals surface area contributed by atoms with Crippen LogP contribution in [-0.4, -0.2) is 11.1 Å². The van der Waals surface area contributed by atoms with Crippen molar-refractivity contribution in [1.82, 2.24) is 0 Å². The first-order valence-electron chi connectivity index (χ1n) is 14.3. The largest absolute Gasteiger partial charge is 0.481 e. The second kappa shape index (κ2) is 21.3. The zero-order valence-corrected chi connectivity index (χ0v) is 22.0. The predicted molar refractivity (Wildman–Crippen MR) is 138 cm³/mol. The summed E-state index contributed by atoms with van der Waals surface area (Å²) in [4.78, 5) is 12.4. The molecule has 0 aliphatic carbocycles. The van der Waals surface area contributed by atoms with Crippen LogP contribution in [0.5, 0.6) is 0 Å². The van der Waals surface area contributed by atoms with Gasteiger partial charge in [-0.25, -0.2) is 0 Å². The molecule has 0 aromatic heterocycles. The van der Waals surface area contributed by atoms with Crippen molar-refractivity contribution in [2.24, 2.45) is 11.3 Å².